The number of rotatable bonds is 3. The number of imidazole rings is 1. The fraction of sp³-hybridized carbons (Fsp3) is 0.750. The van der Waals surface area contributed by atoms with Gasteiger partial charge in [0.2, 0.25) is 0 Å². The van der Waals surface area contributed by atoms with Gasteiger partial charge in [0.15, 0.2) is 0 Å². The highest BCUT2D eigenvalue weighted by Gasteiger charge is 2.28. The first kappa shape index (κ1) is 15.5. The average Bonchev–Trinajstić information content (AvgIpc) is 2.96. The van der Waals surface area contributed by atoms with Crippen LogP contribution in [0.25, 0.3) is 0 Å². The molecule has 0 radical (unpaired) electrons. The second-order valence-corrected chi connectivity index (χ2v) is 6.74. The summed E-state index contributed by atoms with van der Waals surface area (Å²) in [6, 6.07) is 1.03. The smallest absolute Gasteiger partial charge is 0.271 e. The van der Waals surface area contributed by atoms with Crippen LogP contribution in [0.15, 0.2) is 12.5 Å². The van der Waals surface area contributed by atoms with E-state index < -0.39 is 0 Å². The number of hydrogen-bond donors (Lipinski definition) is 1. The van der Waals surface area contributed by atoms with Crippen molar-refractivity contribution < 1.29 is 4.79 Å². The normalized spacial score (nSPS) is 22.8. The lowest BCUT2D eigenvalue weighted by molar-refractivity contribution is 0.0804. The molecule has 0 unspecified atom stereocenters. The molecule has 1 amide bonds. The first-order valence-electron chi connectivity index (χ1n) is 8.33. The molecule has 3 rings (SSSR count). The minimum Gasteiger partial charge on any atom is -0.348 e. The van der Waals surface area contributed by atoms with E-state index in [4.69, 9.17) is 0 Å². The number of carbonyl (C=O) groups excluding carboxylic acids is 1. The van der Waals surface area contributed by atoms with Crippen molar-refractivity contribution >= 4 is 5.91 Å². The van der Waals surface area contributed by atoms with Crippen LogP contribution in [0.2, 0.25) is 0 Å². The second kappa shape index (κ2) is 6.79. The number of hydrogen-bond acceptors (Lipinski definition) is 4. The molecule has 2 fully saturated rings. The molecule has 2 aliphatic heterocycles. The van der Waals surface area contributed by atoms with E-state index in [0.717, 1.165) is 32.0 Å². The molecule has 1 N–H and O–H groups in total. The van der Waals surface area contributed by atoms with Crippen LogP contribution in [0.5, 0.6) is 0 Å². The molecule has 2 aliphatic rings. The number of nitrogens with one attached hydrogen (secondary N) is 1. The molecular weight excluding hydrogens is 278 g/mol. The van der Waals surface area contributed by atoms with E-state index in [1.165, 1.54) is 25.9 Å². The van der Waals surface area contributed by atoms with E-state index in [2.05, 4.69) is 27.1 Å². The van der Waals surface area contributed by atoms with Crippen molar-refractivity contribution in [3.05, 3.63) is 18.2 Å². The molecule has 0 aliphatic carbocycles. The maximum atomic E-state index is 12.1. The van der Waals surface area contributed by atoms with E-state index in [1.807, 2.05) is 7.05 Å². The maximum Gasteiger partial charge on any atom is 0.271 e. The Bertz CT molecular complexity index is 498. The predicted octanol–water partition coefficient (Wildman–Crippen LogP) is 0.709. The van der Waals surface area contributed by atoms with Gasteiger partial charge in [0.1, 0.15) is 5.69 Å². The van der Waals surface area contributed by atoms with Crippen LogP contribution >= 0.6 is 0 Å². The second-order valence-electron chi connectivity index (χ2n) is 6.74. The fourth-order valence-electron chi connectivity index (χ4n) is 3.56. The van der Waals surface area contributed by atoms with Crippen LogP contribution in [0, 0.1) is 0 Å². The zero-order chi connectivity index (χ0) is 15.5. The molecular formula is C16H27N5O. The van der Waals surface area contributed by atoms with Gasteiger partial charge in [-0.05, 0) is 45.8 Å². The monoisotopic (exact) mass is 305 g/mol. The number of carbonyl (C=O) groups is 1. The van der Waals surface area contributed by atoms with Gasteiger partial charge in [-0.15, -0.1) is 0 Å². The SMILES string of the molecule is CN1CCC(N2CCC(NC(=O)c3cn(C)cn3)CC2)CC1. The third kappa shape index (κ3) is 3.67. The standard InChI is InChI=1S/C16H27N5O/c1-19-7-5-14(6-8-19)21-9-3-13(4-10-21)18-16(22)15-11-20(2)12-17-15/h11-14H,3-10H2,1-2H3,(H,18,22). The molecule has 6 nitrogen and oxygen atoms in total. The van der Waals surface area contributed by atoms with Crippen LogP contribution in [0.1, 0.15) is 36.2 Å². The Morgan fingerprint density at radius 1 is 1.14 bits per heavy atom. The summed E-state index contributed by atoms with van der Waals surface area (Å²) in [6.07, 6.45) is 8.08. The highest BCUT2D eigenvalue weighted by molar-refractivity contribution is 5.92. The van der Waals surface area contributed by atoms with Gasteiger partial charge in [-0.2, -0.15) is 0 Å². The Morgan fingerprint density at radius 3 is 2.41 bits per heavy atom. The summed E-state index contributed by atoms with van der Waals surface area (Å²) in [5.41, 5.74) is 0.514. The summed E-state index contributed by atoms with van der Waals surface area (Å²) >= 11 is 0. The van der Waals surface area contributed by atoms with E-state index in [0.29, 0.717) is 5.69 Å². The molecule has 0 saturated carbocycles. The largest absolute Gasteiger partial charge is 0.348 e. The number of piperidine rings is 2. The molecule has 3 heterocycles. The molecule has 122 valence electrons. The van der Waals surface area contributed by atoms with Crippen LogP contribution < -0.4 is 5.32 Å². The third-order valence-electron chi connectivity index (χ3n) is 5.01. The molecule has 1 aromatic rings. The van der Waals surface area contributed by atoms with E-state index >= 15 is 0 Å². The summed E-state index contributed by atoms with van der Waals surface area (Å²) in [5, 5.41) is 3.13. The topological polar surface area (TPSA) is 53.4 Å². The number of amides is 1. The van der Waals surface area contributed by atoms with Gasteiger partial charge < -0.3 is 19.7 Å². The number of nitrogens with zero attached hydrogens (tertiary/aromatic N) is 4. The number of aryl methyl sites for hydroxylation is 1. The van der Waals surface area contributed by atoms with Crippen LogP contribution in [-0.4, -0.2) is 70.6 Å². The van der Waals surface area contributed by atoms with Crippen molar-refractivity contribution in [1.82, 2.24) is 24.7 Å². The minimum absolute atomic E-state index is 0.0432. The zero-order valence-corrected chi connectivity index (χ0v) is 13.7. The lowest BCUT2D eigenvalue weighted by Gasteiger charge is -2.41. The molecule has 2 saturated heterocycles. The number of aromatic nitrogens is 2. The lowest BCUT2D eigenvalue weighted by atomic mass is 9.98. The Morgan fingerprint density at radius 2 is 1.82 bits per heavy atom. The van der Waals surface area contributed by atoms with Crippen molar-refractivity contribution in [3.8, 4) is 0 Å². The van der Waals surface area contributed by atoms with Crippen LogP contribution in [-0.2, 0) is 7.05 Å². The Kier molecular flexibility index (Phi) is 4.78. The average molecular weight is 305 g/mol. The maximum absolute atomic E-state index is 12.1. The first-order chi connectivity index (χ1) is 10.6. The molecule has 0 atom stereocenters. The lowest BCUT2D eigenvalue weighted by Crippen LogP contribution is -2.50. The van der Waals surface area contributed by atoms with Gasteiger partial charge in [0.25, 0.3) is 5.91 Å². The van der Waals surface area contributed by atoms with Crippen molar-refractivity contribution in [1.29, 1.82) is 0 Å². The van der Waals surface area contributed by atoms with Crippen LogP contribution in [0.3, 0.4) is 0 Å². The molecule has 1 aromatic heterocycles. The van der Waals surface area contributed by atoms with Gasteiger partial charge in [-0.25, -0.2) is 4.98 Å². The van der Waals surface area contributed by atoms with Crippen LogP contribution in [0.4, 0.5) is 0 Å². The molecule has 22 heavy (non-hydrogen) atoms. The fourth-order valence-corrected chi connectivity index (χ4v) is 3.56. The van der Waals surface area contributed by atoms with E-state index in [9.17, 15) is 4.79 Å². The van der Waals surface area contributed by atoms with Crippen molar-refractivity contribution in [2.45, 2.75) is 37.8 Å². The Labute approximate surface area is 132 Å². The molecule has 0 aromatic carbocycles. The summed E-state index contributed by atoms with van der Waals surface area (Å²) in [4.78, 5) is 21.3. The Balaban J connectivity index is 1.44. The van der Waals surface area contributed by atoms with Crippen molar-refractivity contribution in [3.63, 3.8) is 0 Å². The highest BCUT2D eigenvalue weighted by Crippen LogP contribution is 2.20. The molecule has 6 heteroatoms. The van der Waals surface area contributed by atoms with Crippen molar-refractivity contribution in [2.24, 2.45) is 7.05 Å². The van der Waals surface area contributed by atoms with Gasteiger partial charge in [-0.3, -0.25) is 4.79 Å². The van der Waals surface area contributed by atoms with Crippen molar-refractivity contribution in [2.75, 3.05) is 33.2 Å². The van der Waals surface area contributed by atoms with E-state index in [-0.39, 0.29) is 11.9 Å². The third-order valence-corrected chi connectivity index (χ3v) is 5.01. The summed E-state index contributed by atoms with van der Waals surface area (Å²) in [6.45, 7) is 4.62. The van der Waals surface area contributed by atoms with E-state index in [1.54, 1.807) is 17.1 Å². The van der Waals surface area contributed by atoms with Gasteiger partial charge in [0.05, 0.1) is 6.33 Å². The van der Waals surface area contributed by atoms with Gasteiger partial charge in [0, 0.05) is 38.4 Å². The quantitative estimate of drug-likeness (QED) is 0.893. The Hall–Kier alpha value is -1.40. The zero-order valence-electron chi connectivity index (χ0n) is 13.7. The summed E-state index contributed by atoms with van der Waals surface area (Å²) in [7, 11) is 4.08. The van der Waals surface area contributed by atoms with Gasteiger partial charge in [-0.1, -0.05) is 0 Å². The molecule has 0 spiro atoms. The minimum atomic E-state index is -0.0432. The predicted molar refractivity (Wildman–Crippen MR) is 85.8 cm³/mol. The number of likely N-dealkylation sites (tertiary alicyclic amines) is 2. The summed E-state index contributed by atoms with van der Waals surface area (Å²) in [5.74, 6) is -0.0432. The van der Waals surface area contributed by atoms with Gasteiger partial charge >= 0.3 is 0 Å². The highest BCUT2D eigenvalue weighted by atomic mass is 16.2. The molecule has 0 bridgehead atoms. The first-order valence-corrected chi connectivity index (χ1v) is 8.33. The summed E-state index contributed by atoms with van der Waals surface area (Å²) < 4.78 is 1.80.